The second kappa shape index (κ2) is 10.1. The van der Waals surface area contributed by atoms with Gasteiger partial charge in [-0.1, -0.05) is 49.4 Å². The van der Waals surface area contributed by atoms with Gasteiger partial charge in [0.2, 0.25) is 5.91 Å². The van der Waals surface area contributed by atoms with Gasteiger partial charge in [0.05, 0.1) is 25.4 Å². The van der Waals surface area contributed by atoms with Crippen molar-refractivity contribution in [2.24, 2.45) is 5.92 Å². The zero-order valence-electron chi connectivity index (χ0n) is 18.7. The number of ether oxygens (including phenoxy) is 1. The number of nitrogens with zero attached hydrogens (tertiary/aromatic N) is 2. The molecular formula is C25H32N2O4. The van der Waals surface area contributed by atoms with E-state index >= 15 is 0 Å². The lowest BCUT2D eigenvalue weighted by atomic mass is 9.94. The summed E-state index contributed by atoms with van der Waals surface area (Å²) in [4.78, 5) is 28.9. The van der Waals surface area contributed by atoms with Crippen molar-refractivity contribution in [3.63, 3.8) is 0 Å². The van der Waals surface area contributed by atoms with Crippen molar-refractivity contribution in [1.29, 1.82) is 0 Å². The summed E-state index contributed by atoms with van der Waals surface area (Å²) in [6, 6.07) is 15.2. The number of fused-ring (bicyclic) bond motifs is 3. The van der Waals surface area contributed by atoms with E-state index in [1.165, 1.54) is 6.92 Å². The fourth-order valence-corrected chi connectivity index (χ4v) is 3.95. The van der Waals surface area contributed by atoms with Crippen LogP contribution < -0.4 is 0 Å². The average molecular weight is 425 g/mol. The van der Waals surface area contributed by atoms with Crippen LogP contribution in [0.1, 0.15) is 36.7 Å². The molecular weight excluding hydrogens is 392 g/mol. The smallest absolute Gasteiger partial charge is 0.254 e. The maximum atomic E-state index is 13.7. The quantitative estimate of drug-likeness (QED) is 0.818. The highest BCUT2D eigenvalue weighted by Gasteiger charge is 2.30. The Bertz CT molecular complexity index is 929. The molecule has 2 aromatic rings. The van der Waals surface area contributed by atoms with E-state index in [9.17, 15) is 14.7 Å². The van der Waals surface area contributed by atoms with E-state index in [2.05, 4.69) is 0 Å². The molecule has 0 fully saturated rings. The molecule has 3 rings (SSSR count). The summed E-state index contributed by atoms with van der Waals surface area (Å²) in [6.07, 6.45) is -0.260. The number of rotatable bonds is 4. The van der Waals surface area contributed by atoms with Crippen molar-refractivity contribution in [3.8, 4) is 11.1 Å². The molecule has 0 aliphatic carbocycles. The van der Waals surface area contributed by atoms with E-state index in [0.29, 0.717) is 25.3 Å². The first kappa shape index (κ1) is 23.0. The molecule has 1 heterocycles. The Hall–Kier alpha value is -2.70. The number of carbonyl (C=O) groups is 2. The Morgan fingerprint density at radius 1 is 1.16 bits per heavy atom. The Balaban J connectivity index is 2.10. The van der Waals surface area contributed by atoms with Crippen molar-refractivity contribution in [1.82, 2.24) is 9.80 Å². The molecule has 3 atom stereocenters. The van der Waals surface area contributed by atoms with Crippen LogP contribution in [0.25, 0.3) is 11.1 Å². The van der Waals surface area contributed by atoms with E-state index in [-0.39, 0.29) is 36.5 Å². The molecule has 0 radical (unpaired) electrons. The number of likely N-dealkylation sites (N-methyl/N-ethyl adjacent to an activating group) is 1. The molecule has 2 amide bonds. The number of benzene rings is 2. The lowest BCUT2D eigenvalue weighted by molar-refractivity contribution is -0.130. The number of amides is 2. The Kier molecular flexibility index (Phi) is 7.46. The highest BCUT2D eigenvalue weighted by Crippen LogP contribution is 2.31. The minimum absolute atomic E-state index is 0.0328. The third kappa shape index (κ3) is 5.14. The predicted octanol–water partition coefficient (Wildman–Crippen LogP) is 3.19. The summed E-state index contributed by atoms with van der Waals surface area (Å²) in [5, 5.41) is 9.85. The first-order valence-electron chi connectivity index (χ1n) is 10.8. The summed E-state index contributed by atoms with van der Waals surface area (Å²) in [5.41, 5.74) is 3.42. The minimum Gasteiger partial charge on any atom is -0.394 e. The van der Waals surface area contributed by atoms with Gasteiger partial charge in [0.1, 0.15) is 0 Å². The lowest BCUT2D eigenvalue weighted by Crippen LogP contribution is -2.47. The summed E-state index contributed by atoms with van der Waals surface area (Å²) in [5.74, 6) is -0.189. The predicted molar refractivity (Wildman–Crippen MR) is 121 cm³/mol. The Labute approximate surface area is 184 Å². The normalized spacial score (nSPS) is 20.3. The molecule has 6 heteroatoms. The minimum atomic E-state index is -0.342. The average Bonchev–Trinajstić information content (AvgIpc) is 2.79. The van der Waals surface area contributed by atoms with E-state index < -0.39 is 0 Å². The third-order valence-electron chi connectivity index (χ3n) is 6.09. The van der Waals surface area contributed by atoms with Gasteiger partial charge in [-0.25, -0.2) is 0 Å². The van der Waals surface area contributed by atoms with Crippen LogP contribution in [0.5, 0.6) is 0 Å². The van der Waals surface area contributed by atoms with Gasteiger partial charge in [-0.05, 0) is 29.7 Å². The van der Waals surface area contributed by atoms with Gasteiger partial charge in [0.25, 0.3) is 5.91 Å². The summed E-state index contributed by atoms with van der Waals surface area (Å²) >= 11 is 0. The summed E-state index contributed by atoms with van der Waals surface area (Å²) in [7, 11) is 1.76. The van der Waals surface area contributed by atoms with E-state index in [4.69, 9.17) is 4.74 Å². The topological polar surface area (TPSA) is 70.1 Å². The maximum Gasteiger partial charge on any atom is 0.254 e. The molecule has 0 saturated carbocycles. The van der Waals surface area contributed by atoms with E-state index in [1.54, 1.807) is 16.8 Å². The molecule has 166 valence electrons. The molecule has 0 bridgehead atoms. The molecule has 1 aliphatic heterocycles. The Morgan fingerprint density at radius 3 is 2.42 bits per heavy atom. The number of hydrogen-bond donors (Lipinski definition) is 1. The van der Waals surface area contributed by atoms with Crippen LogP contribution in [0.15, 0.2) is 48.5 Å². The molecule has 0 spiro atoms. The standard InChI is InChI=1S/C25H32N2O4/c1-17-13-27(18(2)15-28)25(30)23-12-8-7-11-22(23)21-10-6-5-9-20(21)16-31-24(17)14-26(4)19(3)29/h5-12,17-18,24,28H,13-16H2,1-4H3/t17-,18-,24-/m1/s1. The van der Waals surface area contributed by atoms with Crippen molar-refractivity contribution in [3.05, 3.63) is 59.7 Å². The van der Waals surface area contributed by atoms with Gasteiger partial charge in [-0.15, -0.1) is 0 Å². The van der Waals surface area contributed by atoms with Crippen molar-refractivity contribution in [2.45, 2.75) is 39.5 Å². The first-order valence-corrected chi connectivity index (χ1v) is 10.8. The zero-order chi connectivity index (χ0) is 22.5. The molecule has 0 unspecified atom stereocenters. The number of aliphatic hydroxyl groups excluding tert-OH is 1. The van der Waals surface area contributed by atoms with Gasteiger partial charge in [-0.3, -0.25) is 9.59 Å². The van der Waals surface area contributed by atoms with Gasteiger partial charge >= 0.3 is 0 Å². The van der Waals surface area contributed by atoms with Crippen LogP contribution in [-0.2, 0) is 16.1 Å². The summed E-state index contributed by atoms with van der Waals surface area (Å²) < 4.78 is 6.35. The lowest BCUT2D eigenvalue weighted by Gasteiger charge is -2.35. The highest BCUT2D eigenvalue weighted by atomic mass is 16.5. The molecule has 2 aromatic carbocycles. The number of hydrogen-bond acceptors (Lipinski definition) is 4. The largest absolute Gasteiger partial charge is 0.394 e. The second-order valence-corrected chi connectivity index (χ2v) is 8.42. The van der Waals surface area contributed by atoms with Gasteiger partial charge in [-0.2, -0.15) is 0 Å². The summed E-state index contributed by atoms with van der Waals surface area (Å²) in [6.45, 7) is 6.51. The van der Waals surface area contributed by atoms with Gasteiger partial charge in [0, 0.05) is 38.5 Å². The molecule has 0 saturated heterocycles. The highest BCUT2D eigenvalue weighted by molar-refractivity contribution is 6.01. The van der Waals surface area contributed by atoms with Crippen molar-refractivity contribution in [2.75, 3.05) is 26.7 Å². The van der Waals surface area contributed by atoms with Crippen LogP contribution in [0.3, 0.4) is 0 Å². The Morgan fingerprint density at radius 2 is 1.77 bits per heavy atom. The SMILES string of the molecule is CC(=O)N(C)C[C@H]1OCc2ccccc2-c2ccccc2C(=O)N([C@H](C)CO)C[C@H]1C. The molecule has 1 aliphatic rings. The second-order valence-electron chi connectivity index (χ2n) is 8.42. The van der Waals surface area contributed by atoms with Crippen LogP contribution in [0.2, 0.25) is 0 Å². The molecule has 31 heavy (non-hydrogen) atoms. The zero-order valence-corrected chi connectivity index (χ0v) is 18.7. The molecule has 6 nitrogen and oxygen atoms in total. The fourth-order valence-electron chi connectivity index (χ4n) is 3.95. The maximum absolute atomic E-state index is 13.7. The van der Waals surface area contributed by atoms with Crippen LogP contribution in [-0.4, -0.2) is 65.6 Å². The molecule has 0 aromatic heterocycles. The van der Waals surface area contributed by atoms with E-state index in [1.807, 2.05) is 62.4 Å². The van der Waals surface area contributed by atoms with Crippen LogP contribution in [0.4, 0.5) is 0 Å². The number of aliphatic hydroxyl groups is 1. The fraction of sp³-hybridized carbons (Fsp3) is 0.440. The first-order chi connectivity index (χ1) is 14.8. The van der Waals surface area contributed by atoms with Crippen molar-refractivity contribution < 1.29 is 19.4 Å². The van der Waals surface area contributed by atoms with Crippen LogP contribution in [0, 0.1) is 5.92 Å². The van der Waals surface area contributed by atoms with Gasteiger partial charge in [0.15, 0.2) is 0 Å². The monoisotopic (exact) mass is 424 g/mol. The van der Waals surface area contributed by atoms with Crippen molar-refractivity contribution >= 4 is 11.8 Å². The third-order valence-corrected chi connectivity index (χ3v) is 6.09. The van der Waals surface area contributed by atoms with Crippen LogP contribution >= 0.6 is 0 Å². The van der Waals surface area contributed by atoms with Gasteiger partial charge < -0.3 is 19.6 Å². The van der Waals surface area contributed by atoms with E-state index in [0.717, 1.165) is 16.7 Å². The number of carbonyl (C=O) groups excluding carboxylic acids is 2. The molecule has 1 N–H and O–H groups in total.